The molecule has 0 saturated carbocycles. The number of hydrogen-bond donors (Lipinski definition) is 1. The van der Waals surface area contributed by atoms with Crippen LogP contribution in [-0.2, 0) is 60.1 Å². The zero-order valence-corrected chi connectivity index (χ0v) is 34.9. The molecule has 316 valence electrons. The number of ketones is 1. The second-order valence-corrected chi connectivity index (χ2v) is 14.3. The second kappa shape index (κ2) is 21.8. The van der Waals surface area contributed by atoms with Crippen molar-refractivity contribution in [1.29, 1.82) is 0 Å². The molecule has 1 N–H and O–H groups in total. The van der Waals surface area contributed by atoms with Crippen molar-refractivity contribution in [3.8, 4) is 11.5 Å². The van der Waals surface area contributed by atoms with Crippen LogP contribution >= 0.6 is 0 Å². The van der Waals surface area contributed by atoms with Gasteiger partial charge in [-0.2, -0.15) is 0 Å². The van der Waals surface area contributed by atoms with Crippen LogP contribution in [0.5, 0.6) is 11.5 Å². The van der Waals surface area contributed by atoms with Gasteiger partial charge < -0.3 is 42.2 Å². The van der Waals surface area contributed by atoms with E-state index in [0.29, 0.717) is 75.2 Å². The lowest BCUT2D eigenvalue weighted by Gasteiger charge is -2.41. The van der Waals surface area contributed by atoms with Gasteiger partial charge in [-0.1, -0.05) is 65.8 Å². The first-order valence-corrected chi connectivity index (χ1v) is 20.2. The van der Waals surface area contributed by atoms with E-state index in [1.807, 2.05) is 53.7 Å². The van der Waals surface area contributed by atoms with Gasteiger partial charge in [0.1, 0.15) is 23.0 Å². The van der Waals surface area contributed by atoms with E-state index >= 15 is 0 Å². The van der Waals surface area contributed by atoms with E-state index in [0.717, 1.165) is 11.1 Å². The van der Waals surface area contributed by atoms with E-state index in [4.69, 9.17) is 42.2 Å². The smallest absolute Gasteiger partial charge is 0.562 e. The summed E-state index contributed by atoms with van der Waals surface area (Å²) < 4.78 is 49.4. The van der Waals surface area contributed by atoms with Gasteiger partial charge in [-0.25, -0.2) is 14.6 Å². The number of fused-ring (bicyclic) bond motifs is 3. The Morgan fingerprint density at radius 2 is 1.28 bits per heavy atom. The van der Waals surface area contributed by atoms with E-state index in [9.17, 15) is 24.0 Å². The summed E-state index contributed by atoms with van der Waals surface area (Å²) in [7, 11) is 2.41. The number of nitrogens with one attached hydrogen (secondary N) is 1. The van der Waals surface area contributed by atoms with Crippen LogP contribution in [-0.4, -0.2) is 83.2 Å². The quantitative estimate of drug-likeness (QED) is 0.124. The fourth-order valence-electron chi connectivity index (χ4n) is 7.22. The van der Waals surface area contributed by atoms with Crippen LogP contribution in [0.3, 0.4) is 0 Å². The summed E-state index contributed by atoms with van der Waals surface area (Å²) in [5.74, 6) is -1.11. The van der Waals surface area contributed by atoms with E-state index in [-0.39, 0.29) is 52.4 Å². The zero-order chi connectivity index (χ0) is 42.4. The zero-order valence-electron chi connectivity index (χ0n) is 34.9. The van der Waals surface area contributed by atoms with Crippen molar-refractivity contribution in [2.45, 2.75) is 111 Å². The standard InChI is InChI=1S/C21H29BO7.C20H27BNO7/c1-5-14(6-2)20(24)27-13-28-21(25)18-10-8-9-15-11-16(12-17(23)7-3)22(26-4)29-19(15)18;1-5-13(6-2)19(23)26-12-27-20(24)15-10-8-9-14-11-16-21(25-4,29-18(14)15)28-17(7-3)22-16/h8-10,14,16H,5-7,11-13H2,1-4H3;8-10,13,16H,5-7,11-12H2,1-4H3/q;-1/p+1/t16-;16-,21?/m10/s1. The van der Waals surface area contributed by atoms with E-state index in [2.05, 4.69) is 4.99 Å². The summed E-state index contributed by atoms with van der Waals surface area (Å²) in [6.07, 6.45) is 5.33. The van der Waals surface area contributed by atoms with Gasteiger partial charge in [-0.15, -0.1) is 0 Å². The number of rotatable bonds is 18. The molecular formula is C41H57B2NO14. The van der Waals surface area contributed by atoms with Gasteiger partial charge in [0.2, 0.25) is 13.6 Å². The van der Waals surface area contributed by atoms with Crippen molar-refractivity contribution in [3.63, 3.8) is 0 Å². The first kappa shape index (κ1) is 45.8. The SMILES string of the molecule is CCC(=O)C[C@H]1Cc2cccc(C(=O)OCOC(=O)C(CC)CC)c2OB1OC.CCC1=[NH+][C@H]2Cc3cccc(C(=O)OCOC(=O)C(CC)CC)c3O[B-]2(OC)O1. The number of ether oxygens (including phenoxy) is 4. The first-order valence-electron chi connectivity index (χ1n) is 20.2. The Balaban J connectivity index is 0.000000257. The highest BCUT2D eigenvalue weighted by atomic mass is 16.8. The van der Waals surface area contributed by atoms with Crippen LogP contribution in [0.25, 0.3) is 0 Å². The molecule has 3 aliphatic heterocycles. The van der Waals surface area contributed by atoms with Crippen molar-refractivity contribution >= 4 is 49.4 Å². The molecular weight excluding hydrogens is 752 g/mol. The molecule has 2 aromatic rings. The van der Waals surface area contributed by atoms with Crippen molar-refractivity contribution in [2.24, 2.45) is 11.8 Å². The minimum absolute atomic E-state index is 0.118. The highest BCUT2D eigenvalue weighted by molar-refractivity contribution is 6.65. The Labute approximate surface area is 340 Å². The highest BCUT2D eigenvalue weighted by Crippen LogP contribution is 2.38. The lowest BCUT2D eigenvalue weighted by molar-refractivity contribution is -0.481. The van der Waals surface area contributed by atoms with Crippen LogP contribution in [0.15, 0.2) is 36.4 Å². The fourth-order valence-corrected chi connectivity index (χ4v) is 7.22. The molecule has 0 amide bonds. The van der Waals surface area contributed by atoms with Gasteiger partial charge in [-0.3, -0.25) is 14.4 Å². The second-order valence-electron chi connectivity index (χ2n) is 14.3. The summed E-state index contributed by atoms with van der Waals surface area (Å²) in [5, 5.41) is 0. The topological polar surface area (TPSA) is 182 Å². The molecule has 0 aromatic heterocycles. The minimum atomic E-state index is -2.11. The van der Waals surface area contributed by atoms with Gasteiger partial charge >= 0.3 is 37.8 Å². The molecule has 0 saturated heterocycles. The molecule has 17 heteroatoms. The van der Waals surface area contributed by atoms with Crippen molar-refractivity contribution in [3.05, 3.63) is 58.7 Å². The Morgan fingerprint density at radius 1 is 0.741 bits per heavy atom. The van der Waals surface area contributed by atoms with E-state index < -0.39 is 39.4 Å². The summed E-state index contributed by atoms with van der Waals surface area (Å²) in [4.78, 5) is 64.1. The molecule has 0 aliphatic carbocycles. The number of Topliss-reactive ketones (excluding diaryl/α,β-unsaturated/α-hetero) is 1. The molecule has 0 fully saturated rings. The Bertz CT molecular complexity index is 1800. The summed E-state index contributed by atoms with van der Waals surface area (Å²) in [6, 6.07) is 10.4. The van der Waals surface area contributed by atoms with Gasteiger partial charge in [-0.05, 0) is 62.5 Å². The average Bonchev–Trinajstić information content (AvgIpc) is 3.61. The Morgan fingerprint density at radius 3 is 1.76 bits per heavy atom. The van der Waals surface area contributed by atoms with E-state index in [1.165, 1.54) is 14.2 Å². The normalized spacial score (nSPS) is 18.8. The number of carbonyl (C=O) groups excluding carboxylic acids is 5. The fraction of sp³-hybridized carbons (Fsp3) is 0.561. The summed E-state index contributed by atoms with van der Waals surface area (Å²) >= 11 is 0. The maximum Gasteiger partial charge on any atom is 0.562 e. The molecule has 0 spiro atoms. The predicted octanol–water partition coefficient (Wildman–Crippen LogP) is 4.72. The number of para-hydroxylation sites is 2. The maximum absolute atomic E-state index is 12.6. The van der Waals surface area contributed by atoms with E-state index in [1.54, 1.807) is 24.3 Å². The van der Waals surface area contributed by atoms with Crippen LogP contribution < -0.4 is 14.3 Å². The Kier molecular flexibility index (Phi) is 17.2. The number of hydrogen-bond acceptors (Lipinski definition) is 14. The van der Waals surface area contributed by atoms with Gasteiger partial charge in [0.15, 0.2) is 0 Å². The maximum atomic E-state index is 12.6. The van der Waals surface area contributed by atoms with Crippen molar-refractivity contribution < 1.29 is 71.2 Å². The molecule has 0 bridgehead atoms. The molecule has 3 aliphatic rings. The molecule has 3 atom stereocenters. The monoisotopic (exact) mass is 809 g/mol. The lowest BCUT2D eigenvalue weighted by Crippen LogP contribution is -2.84. The summed E-state index contributed by atoms with van der Waals surface area (Å²) in [6.45, 7) is 8.44. The van der Waals surface area contributed by atoms with Gasteiger partial charge in [0, 0.05) is 32.2 Å². The molecule has 2 aromatic carbocycles. The highest BCUT2D eigenvalue weighted by Gasteiger charge is 2.55. The molecule has 15 nitrogen and oxygen atoms in total. The van der Waals surface area contributed by atoms with Gasteiger partial charge in [0.25, 0.3) is 5.90 Å². The van der Waals surface area contributed by atoms with Crippen LogP contribution in [0.4, 0.5) is 0 Å². The van der Waals surface area contributed by atoms with Crippen LogP contribution in [0.2, 0.25) is 5.82 Å². The predicted molar refractivity (Wildman–Crippen MR) is 213 cm³/mol. The molecule has 58 heavy (non-hydrogen) atoms. The number of carbonyl (C=O) groups is 5. The third-order valence-electron chi connectivity index (χ3n) is 10.8. The third-order valence-corrected chi connectivity index (χ3v) is 10.8. The number of benzene rings is 2. The molecule has 3 heterocycles. The molecule has 0 radical (unpaired) electrons. The van der Waals surface area contributed by atoms with Crippen molar-refractivity contribution in [1.82, 2.24) is 0 Å². The average molecular weight is 810 g/mol. The lowest BCUT2D eigenvalue weighted by atomic mass is 9.64. The Hall–Kier alpha value is -4.89. The largest absolute Gasteiger partial charge is 0.655 e. The van der Waals surface area contributed by atoms with Crippen LogP contribution in [0.1, 0.15) is 118 Å². The minimum Gasteiger partial charge on any atom is -0.655 e. The summed E-state index contributed by atoms with van der Waals surface area (Å²) in [5.41, 5.74) is 2.15. The number of esters is 4. The van der Waals surface area contributed by atoms with Crippen molar-refractivity contribution in [2.75, 3.05) is 27.8 Å². The first-order chi connectivity index (χ1) is 27.9. The van der Waals surface area contributed by atoms with Crippen LogP contribution in [0, 0.1) is 11.8 Å². The third kappa shape index (κ3) is 11.0. The molecule has 5 rings (SSSR count). The molecule has 1 unspecified atom stereocenters. The van der Waals surface area contributed by atoms with Gasteiger partial charge in [0.05, 0.1) is 29.6 Å².